The number of carbonyl (C=O) groups excluding carboxylic acids is 2. The van der Waals surface area contributed by atoms with Crippen LogP contribution >= 0.6 is 11.6 Å². The molecule has 7 nitrogen and oxygen atoms in total. The molecule has 0 spiro atoms. The summed E-state index contributed by atoms with van der Waals surface area (Å²) < 4.78 is 28.8. The maximum Gasteiger partial charge on any atom is 0.264 e. The number of anilines is 1. The maximum absolute atomic E-state index is 13.9. The zero-order valence-electron chi connectivity index (χ0n) is 23.2. The molecule has 0 aliphatic carbocycles. The van der Waals surface area contributed by atoms with E-state index in [9.17, 15) is 18.0 Å². The molecule has 0 aliphatic rings. The highest BCUT2D eigenvalue weighted by Crippen LogP contribution is 2.29. The molecule has 1 atom stereocenters. The summed E-state index contributed by atoms with van der Waals surface area (Å²) in [6, 6.07) is 19.7. The van der Waals surface area contributed by atoms with Crippen molar-refractivity contribution in [2.24, 2.45) is 0 Å². The van der Waals surface area contributed by atoms with Crippen LogP contribution in [0.1, 0.15) is 44.4 Å². The molecule has 0 unspecified atom stereocenters. The Kier molecular flexibility index (Phi) is 9.46. The number of sulfonamides is 1. The fraction of sp³-hybridized carbons (Fsp3) is 0.333. The molecule has 0 bridgehead atoms. The Morgan fingerprint density at radius 3 is 2.13 bits per heavy atom. The third kappa shape index (κ3) is 7.83. The van der Waals surface area contributed by atoms with Crippen molar-refractivity contribution in [2.45, 2.75) is 64.6 Å². The van der Waals surface area contributed by atoms with Crippen molar-refractivity contribution in [3.05, 3.63) is 94.5 Å². The van der Waals surface area contributed by atoms with Gasteiger partial charge in [-0.3, -0.25) is 13.9 Å². The van der Waals surface area contributed by atoms with E-state index < -0.39 is 34.1 Å². The van der Waals surface area contributed by atoms with Crippen molar-refractivity contribution in [3.8, 4) is 0 Å². The molecule has 2 amide bonds. The molecule has 0 fully saturated rings. The predicted molar refractivity (Wildman–Crippen MR) is 156 cm³/mol. The van der Waals surface area contributed by atoms with E-state index in [4.69, 9.17) is 11.6 Å². The molecule has 0 saturated heterocycles. The van der Waals surface area contributed by atoms with Crippen molar-refractivity contribution in [3.63, 3.8) is 0 Å². The van der Waals surface area contributed by atoms with Gasteiger partial charge in [0.1, 0.15) is 12.6 Å². The fourth-order valence-electron chi connectivity index (χ4n) is 3.94. The van der Waals surface area contributed by atoms with E-state index in [1.807, 2.05) is 65.0 Å². The van der Waals surface area contributed by atoms with Gasteiger partial charge in [-0.2, -0.15) is 0 Å². The number of nitrogens with zero attached hydrogens (tertiary/aromatic N) is 2. The smallest absolute Gasteiger partial charge is 0.264 e. The van der Waals surface area contributed by atoms with Crippen LogP contribution in [0, 0.1) is 13.8 Å². The molecular weight excluding hydrogens is 534 g/mol. The first kappa shape index (κ1) is 30.2. The Labute approximate surface area is 236 Å². The van der Waals surface area contributed by atoms with E-state index in [1.165, 1.54) is 23.1 Å². The van der Waals surface area contributed by atoms with Gasteiger partial charge in [-0.05, 0) is 76.9 Å². The number of hydrogen-bond donors (Lipinski definition) is 1. The lowest BCUT2D eigenvalue weighted by Crippen LogP contribution is -2.54. The summed E-state index contributed by atoms with van der Waals surface area (Å²) in [6.07, 6.45) is 0. The largest absolute Gasteiger partial charge is 0.350 e. The average molecular weight is 570 g/mol. The molecule has 9 heteroatoms. The average Bonchev–Trinajstić information content (AvgIpc) is 2.86. The number of hydrogen-bond acceptors (Lipinski definition) is 4. The maximum atomic E-state index is 13.9. The second-order valence-corrected chi connectivity index (χ2v) is 13.0. The van der Waals surface area contributed by atoms with Gasteiger partial charge in [0.05, 0.1) is 10.6 Å². The predicted octanol–water partition coefficient (Wildman–Crippen LogP) is 5.48. The quantitative estimate of drug-likeness (QED) is 0.369. The molecule has 0 saturated carbocycles. The summed E-state index contributed by atoms with van der Waals surface area (Å²) >= 11 is 6.36. The SMILES string of the molecule is Cc1ccc(S(=O)(=O)N(CC(=O)N(Cc2ccccc2)[C@@H](C)C(=O)NC(C)(C)C)c2ccc(C)c(Cl)c2)cc1. The normalized spacial score (nSPS) is 12.5. The summed E-state index contributed by atoms with van der Waals surface area (Å²) in [5, 5.41) is 3.30. The lowest BCUT2D eigenvalue weighted by molar-refractivity contribution is -0.140. The first-order valence-electron chi connectivity index (χ1n) is 12.7. The second kappa shape index (κ2) is 12.2. The van der Waals surface area contributed by atoms with Gasteiger partial charge in [0.15, 0.2) is 0 Å². The molecular formula is C30H36ClN3O4S. The molecule has 1 N–H and O–H groups in total. The van der Waals surface area contributed by atoms with Crippen LogP contribution in [0.25, 0.3) is 0 Å². The van der Waals surface area contributed by atoms with E-state index in [0.29, 0.717) is 5.02 Å². The van der Waals surface area contributed by atoms with Crippen LogP contribution in [0.5, 0.6) is 0 Å². The molecule has 39 heavy (non-hydrogen) atoms. The van der Waals surface area contributed by atoms with Gasteiger partial charge in [-0.25, -0.2) is 8.42 Å². The Morgan fingerprint density at radius 2 is 1.56 bits per heavy atom. The molecule has 3 aromatic rings. The highest BCUT2D eigenvalue weighted by Gasteiger charge is 2.33. The summed E-state index contributed by atoms with van der Waals surface area (Å²) in [7, 11) is -4.15. The van der Waals surface area contributed by atoms with E-state index >= 15 is 0 Å². The Balaban J connectivity index is 2.05. The molecule has 3 aromatic carbocycles. The highest BCUT2D eigenvalue weighted by molar-refractivity contribution is 7.92. The van der Waals surface area contributed by atoms with Gasteiger partial charge in [-0.15, -0.1) is 0 Å². The van der Waals surface area contributed by atoms with Gasteiger partial charge >= 0.3 is 0 Å². The van der Waals surface area contributed by atoms with Crippen molar-refractivity contribution >= 4 is 39.1 Å². The number of aryl methyl sites for hydroxylation is 2. The summed E-state index contributed by atoms with van der Waals surface area (Å²) in [6.45, 7) is 10.5. The van der Waals surface area contributed by atoms with Crippen molar-refractivity contribution in [1.29, 1.82) is 0 Å². The van der Waals surface area contributed by atoms with Crippen molar-refractivity contribution in [2.75, 3.05) is 10.8 Å². The number of carbonyl (C=O) groups is 2. The Hall–Kier alpha value is -3.36. The minimum Gasteiger partial charge on any atom is -0.350 e. The minimum absolute atomic E-state index is 0.0470. The second-order valence-electron chi connectivity index (χ2n) is 10.7. The van der Waals surface area contributed by atoms with Crippen LogP contribution in [0.2, 0.25) is 5.02 Å². The third-order valence-electron chi connectivity index (χ3n) is 6.19. The minimum atomic E-state index is -4.15. The molecule has 0 aromatic heterocycles. The Morgan fingerprint density at radius 1 is 0.949 bits per heavy atom. The molecule has 0 heterocycles. The number of halogens is 1. The molecule has 3 rings (SSSR count). The topological polar surface area (TPSA) is 86.8 Å². The van der Waals surface area contributed by atoms with Crippen LogP contribution in [0.4, 0.5) is 5.69 Å². The van der Waals surface area contributed by atoms with Crippen LogP contribution in [-0.4, -0.2) is 43.3 Å². The molecule has 0 radical (unpaired) electrons. The van der Waals surface area contributed by atoms with E-state index in [0.717, 1.165) is 21.0 Å². The van der Waals surface area contributed by atoms with E-state index in [1.54, 1.807) is 31.2 Å². The fourth-order valence-corrected chi connectivity index (χ4v) is 5.52. The zero-order chi connectivity index (χ0) is 29.0. The lowest BCUT2D eigenvalue weighted by Gasteiger charge is -2.33. The van der Waals surface area contributed by atoms with Crippen LogP contribution in [0.15, 0.2) is 77.7 Å². The monoisotopic (exact) mass is 569 g/mol. The number of nitrogens with one attached hydrogen (secondary N) is 1. The van der Waals surface area contributed by atoms with Crippen molar-refractivity contribution < 1.29 is 18.0 Å². The van der Waals surface area contributed by atoms with E-state index in [2.05, 4.69) is 5.32 Å². The summed E-state index contributed by atoms with van der Waals surface area (Å²) in [4.78, 5) is 28.5. The zero-order valence-corrected chi connectivity index (χ0v) is 24.8. The van der Waals surface area contributed by atoms with E-state index in [-0.39, 0.29) is 23.0 Å². The van der Waals surface area contributed by atoms with Gasteiger partial charge in [-0.1, -0.05) is 65.7 Å². The molecule has 0 aliphatic heterocycles. The van der Waals surface area contributed by atoms with Gasteiger partial charge < -0.3 is 10.2 Å². The number of benzene rings is 3. The van der Waals surface area contributed by atoms with Crippen LogP contribution < -0.4 is 9.62 Å². The first-order chi connectivity index (χ1) is 18.2. The van der Waals surface area contributed by atoms with Gasteiger partial charge in [0, 0.05) is 17.1 Å². The highest BCUT2D eigenvalue weighted by atomic mass is 35.5. The summed E-state index contributed by atoms with van der Waals surface area (Å²) in [5.74, 6) is -0.860. The van der Waals surface area contributed by atoms with Crippen LogP contribution in [-0.2, 0) is 26.2 Å². The number of rotatable bonds is 9. The lowest BCUT2D eigenvalue weighted by atomic mass is 10.1. The standard InChI is InChI=1S/C30H36ClN3O4S/c1-21-12-16-26(17-13-21)39(37,38)34(25-15-14-22(2)27(31)18-25)20-28(35)33(19-24-10-8-7-9-11-24)23(3)29(36)32-30(4,5)6/h7-18,23H,19-20H2,1-6H3,(H,32,36)/t23-/m0/s1. The van der Waals surface area contributed by atoms with Crippen LogP contribution in [0.3, 0.4) is 0 Å². The van der Waals surface area contributed by atoms with Crippen molar-refractivity contribution in [1.82, 2.24) is 10.2 Å². The van der Waals surface area contributed by atoms with Gasteiger partial charge in [0.25, 0.3) is 10.0 Å². The third-order valence-corrected chi connectivity index (χ3v) is 8.39. The summed E-state index contributed by atoms with van der Waals surface area (Å²) in [5.41, 5.74) is 2.24. The Bertz CT molecular complexity index is 1420. The van der Waals surface area contributed by atoms with Gasteiger partial charge in [0.2, 0.25) is 11.8 Å². The first-order valence-corrected chi connectivity index (χ1v) is 14.5. The molecule has 208 valence electrons. The number of amides is 2.